The van der Waals surface area contributed by atoms with Crippen LogP contribution in [0.1, 0.15) is 21.8 Å². The van der Waals surface area contributed by atoms with E-state index in [1.54, 1.807) is 17.6 Å². The third-order valence-electron chi connectivity index (χ3n) is 4.65. The number of carbonyl (C=O) groups is 2. The molecule has 2 aromatic carbocycles. The van der Waals surface area contributed by atoms with E-state index >= 15 is 0 Å². The van der Waals surface area contributed by atoms with Crippen molar-refractivity contribution in [3.63, 3.8) is 0 Å². The van der Waals surface area contributed by atoms with Crippen LogP contribution in [0.15, 0.2) is 48.5 Å². The van der Waals surface area contributed by atoms with Crippen molar-refractivity contribution < 1.29 is 24.3 Å². The molecule has 8 heteroatoms. The molecule has 1 aliphatic rings. The second kappa shape index (κ2) is 9.40. The highest BCUT2D eigenvalue weighted by atomic mass is 16.5. The molecule has 1 heterocycles. The minimum absolute atomic E-state index is 0.0349. The number of rotatable bonds is 8. The lowest BCUT2D eigenvalue weighted by molar-refractivity contribution is -0.128. The molecule has 0 saturated heterocycles. The lowest BCUT2D eigenvalue weighted by Crippen LogP contribution is -2.43. The van der Waals surface area contributed by atoms with Crippen LogP contribution in [0.25, 0.3) is 0 Å². The van der Waals surface area contributed by atoms with Crippen molar-refractivity contribution in [3.8, 4) is 11.5 Å². The molecule has 2 atom stereocenters. The monoisotopic (exact) mass is 399 g/mol. The summed E-state index contributed by atoms with van der Waals surface area (Å²) in [7, 11) is 3.94. The molecular formula is C21H25N3O5. The van der Waals surface area contributed by atoms with Crippen LogP contribution in [0.2, 0.25) is 0 Å². The molecule has 1 aliphatic heterocycles. The Morgan fingerprint density at radius 2 is 1.86 bits per heavy atom. The van der Waals surface area contributed by atoms with E-state index < -0.39 is 12.0 Å². The van der Waals surface area contributed by atoms with Crippen LogP contribution >= 0.6 is 0 Å². The van der Waals surface area contributed by atoms with E-state index in [0.717, 1.165) is 11.3 Å². The number of nitrogens with one attached hydrogen (secondary N) is 2. The highest BCUT2D eigenvalue weighted by molar-refractivity contribution is 5.93. The van der Waals surface area contributed by atoms with Crippen LogP contribution in [0.4, 0.5) is 0 Å². The zero-order valence-corrected chi connectivity index (χ0v) is 16.4. The van der Waals surface area contributed by atoms with Crippen LogP contribution in [0.5, 0.6) is 11.5 Å². The van der Waals surface area contributed by atoms with Gasteiger partial charge in [0.2, 0.25) is 0 Å². The van der Waals surface area contributed by atoms with E-state index in [1.165, 1.54) is 12.1 Å². The fourth-order valence-corrected chi connectivity index (χ4v) is 3.31. The molecule has 154 valence electrons. The Kier molecular flexibility index (Phi) is 6.69. The smallest absolute Gasteiger partial charge is 0.274 e. The van der Waals surface area contributed by atoms with Gasteiger partial charge in [-0.15, -0.1) is 0 Å². The van der Waals surface area contributed by atoms with Gasteiger partial charge in [-0.1, -0.05) is 18.2 Å². The van der Waals surface area contributed by atoms with E-state index in [0.29, 0.717) is 24.4 Å². The van der Waals surface area contributed by atoms with Crippen molar-refractivity contribution in [2.24, 2.45) is 0 Å². The van der Waals surface area contributed by atoms with E-state index in [4.69, 9.17) is 14.7 Å². The molecular weight excluding hydrogens is 374 g/mol. The Morgan fingerprint density at radius 1 is 1.14 bits per heavy atom. The molecule has 0 aliphatic carbocycles. The topological polar surface area (TPSA) is 100 Å². The first-order valence-corrected chi connectivity index (χ1v) is 9.35. The van der Waals surface area contributed by atoms with Crippen molar-refractivity contribution in [2.75, 3.05) is 33.8 Å². The zero-order chi connectivity index (χ0) is 20.8. The number of amides is 2. The summed E-state index contributed by atoms with van der Waals surface area (Å²) >= 11 is 0. The second-order valence-electron chi connectivity index (χ2n) is 7.05. The Labute approximate surface area is 169 Å². The number of hydrogen-bond donors (Lipinski definition) is 3. The molecule has 2 amide bonds. The largest absolute Gasteiger partial charge is 0.492 e. The van der Waals surface area contributed by atoms with Gasteiger partial charge in [-0.25, -0.2) is 5.48 Å². The van der Waals surface area contributed by atoms with Gasteiger partial charge in [-0.2, -0.15) is 0 Å². The quantitative estimate of drug-likeness (QED) is 0.353. The summed E-state index contributed by atoms with van der Waals surface area (Å²) in [6.07, 6.45) is -0.578. The average Bonchev–Trinajstić information content (AvgIpc) is 3.09. The molecule has 3 rings (SSSR count). The van der Waals surface area contributed by atoms with Gasteiger partial charge in [-0.05, 0) is 44.4 Å². The van der Waals surface area contributed by atoms with Crippen molar-refractivity contribution in [1.29, 1.82) is 0 Å². The first-order chi connectivity index (χ1) is 14.0. The number of carbonyl (C=O) groups excluding carboxylic acids is 2. The molecule has 0 radical (unpaired) electrons. The minimum atomic E-state index is -0.589. The fraction of sp³-hybridized carbons (Fsp3) is 0.333. The van der Waals surface area contributed by atoms with E-state index in [9.17, 15) is 9.59 Å². The maximum atomic E-state index is 12.7. The van der Waals surface area contributed by atoms with Gasteiger partial charge >= 0.3 is 0 Å². The third-order valence-corrected chi connectivity index (χ3v) is 4.65. The van der Waals surface area contributed by atoms with Crippen molar-refractivity contribution >= 4 is 11.8 Å². The average molecular weight is 399 g/mol. The van der Waals surface area contributed by atoms with Gasteiger partial charge in [0.05, 0.1) is 6.54 Å². The van der Waals surface area contributed by atoms with Crippen LogP contribution in [0, 0.1) is 0 Å². The normalized spacial score (nSPS) is 17.4. The fourth-order valence-electron chi connectivity index (χ4n) is 3.31. The number of benzene rings is 2. The predicted octanol–water partition coefficient (Wildman–Crippen LogP) is 1.41. The summed E-state index contributed by atoms with van der Waals surface area (Å²) in [4.78, 5) is 26.0. The number of hydrogen-bond acceptors (Lipinski definition) is 6. The second-order valence-corrected chi connectivity index (χ2v) is 7.05. The molecule has 2 aromatic rings. The number of hydroxylamine groups is 1. The Morgan fingerprint density at radius 3 is 2.55 bits per heavy atom. The summed E-state index contributed by atoms with van der Waals surface area (Å²) < 4.78 is 11.5. The SMILES string of the molecule is CN(C)C[C@H]1c2ccccc2O[C@@H]1C(=O)NCCOc1ccc(C(=O)NO)cc1. The Hall–Kier alpha value is -3.10. The molecule has 0 unspecified atom stereocenters. The number of fused-ring (bicyclic) bond motifs is 1. The molecule has 8 nitrogen and oxygen atoms in total. The summed E-state index contributed by atoms with van der Waals surface area (Å²) in [5, 5.41) is 11.5. The number of nitrogens with zero attached hydrogens (tertiary/aromatic N) is 1. The van der Waals surface area contributed by atoms with Gasteiger partial charge in [-0.3, -0.25) is 14.8 Å². The third kappa shape index (κ3) is 5.04. The summed E-state index contributed by atoms with van der Waals surface area (Å²) in [6, 6.07) is 14.1. The molecule has 0 saturated carbocycles. The van der Waals surface area contributed by atoms with Crippen LogP contribution in [-0.4, -0.2) is 61.8 Å². The van der Waals surface area contributed by atoms with Gasteiger partial charge in [0.1, 0.15) is 18.1 Å². The molecule has 0 aromatic heterocycles. The van der Waals surface area contributed by atoms with Gasteiger partial charge in [0.25, 0.3) is 11.8 Å². The maximum Gasteiger partial charge on any atom is 0.274 e. The van der Waals surface area contributed by atoms with Crippen molar-refractivity contribution in [1.82, 2.24) is 15.7 Å². The zero-order valence-electron chi connectivity index (χ0n) is 16.4. The van der Waals surface area contributed by atoms with E-state index in [-0.39, 0.29) is 18.4 Å². The van der Waals surface area contributed by atoms with Crippen LogP contribution < -0.4 is 20.3 Å². The minimum Gasteiger partial charge on any atom is -0.492 e. The Bertz CT molecular complexity index is 854. The van der Waals surface area contributed by atoms with Gasteiger partial charge in [0.15, 0.2) is 6.10 Å². The number of likely N-dealkylation sites (N-methyl/N-ethyl adjacent to an activating group) is 1. The molecule has 0 bridgehead atoms. The maximum absolute atomic E-state index is 12.7. The molecule has 0 spiro atoms. The summed E-state index contributed by atoms with van der Waals surface area (Å²) in [5.41, 5.74) is 2.94. The first-order valence-electron chi connectivity index (χ1n) is 9.35. The van der Waals surface area contributed by atoms with Crippen molar-refractivity contribution in [3.05, 3.63) is 59.7 Å². The standard InChI is InChI=1S/C21H25N3O5/c1-24(2)13-17-16-5-3-4-6-18(16)29-19(17)21(26)22-11-12-28-15-9-7-14(8-10-15)20(25)23-27/h3-10,17,19,27H,11-13H2,1-2H3,(H,22,26)(H,23,25)/t17-,19-/m0/s1. The molecule has 0 fully saturated rings. The predicted molar refractivity (Wildman–Crippen MR) is 106 cm³/mol. The van der Waals surface area contributed by atoms with Crippen molar-refractivity contribution in [2.45, 2.75) is 12.0 Å². The van der Waals surface area contributed by atoms with Gasteiger partial charge in [0, 0.05) is 23.6 Å². The highest BCUT2D eigenvalue weighted by Crippen LogP contribution is 2.38. The molecule has 29 heavy (non-hydrogen) atoms. The summed E-state index contributed by atoms with van der Waals surface area (Å²) in [6.45, 7) is 1.30. The molecule has 3 N–H and O–H groups in total. The lowest BCUT2D eigenvalue weighted by Gasteiger charge is -2.21. The number of para-hydroxylation sites is 1. The van der Waals surface area contributed by atoms with Crippen LogP contribution in [-0.2, 0) is 4.79 Å². The lowest BCUT2D eigenvalue weighted by atomic mass is 9.94. The van der Waals surface area contributed by atoms with E-state index in [1.807, 2.05) is 43.3 Å². The van der Waals surface area contributed by atoms with E-state index in [2.05, 4.69) is 5.32 Å². The Balaban J connectivity index is 1.51. The number of ether oxygens (including phenoxy) is 2. The first kappa shape index (κ1) is 20.6. The van der Waals surface area contributed by atoms with Gasteiger partial charge < -0.3 is 19.7 Å². The van der Waals surface area contributed by atoms with Crippen LogP contribution in [0.3, 0.4) is 0 Å². The highest BCUT2D eigenvalue weighted by Gasteiger charge is 2.39. The summed E-state index contributed by atoms with van der Waals surface area (Å²) in [5.74, 6) is 0.513.